The molecule has 1 aliphatic heterocycles. The van der Waals surface area contributed by atoms with Crippen LogP contribution in [-0.2, 0) is 0 Å². The minimum atomic E-state index is -1.67. The number of fused-ring (bicyclic) bond motifs is 1. The minimum absolute atomic E-state index is 0.0349. The van der Waals surface area contributed by atoms with Crippen molar-refractivity contribution in [3.05, 3.63) is 23.8 Å². The molecule has 1 heterocycles. The molecule has 8 heteroatoms. The summed E-state index contributed by atoms with van der Waals surface area (Å²) in [7, 11) is 5.18. The molecule has 0 aliphatic carbocycles. The maximum absolute atomic E-state index is 12.4. The van der Waals surface area contributed by atoms with Gasteiger partial charge in [-0.2, -0.15) is 0 Å². The SMILES string of the molecule is BCN[C@@](B)(C)C(=O)c1ccc2c(c1)OC(B)(O)O2. The Balaban J connectivity index is 2.27. The van der Waals surface area contributed by atoms with Crippen LogP contribution in [-0.4, -0.2) is 52.2 Å². The van der Waals surface area contributed by atoms with E-state index >= 15 is 0 Å². The van der Waals surface area contributed by atoms with Gasteiger partial charge in [-0.15, -0.1) is 0 Å². The second-order valence-corrected chi connectivity index (χ2v) is 5.25. The van der Waals surface area contributed by atoms with Crippen molar-refractivity contribution in [1.82, 2.24) is 5.32 Å². The molecule has 2 atom stereocenters. The summed E-state index contributed by atoms with van der Waals surface area (Å²) in [6.45, 7) is 1.83. The quantitative estimate of drug-likeness (QED) is 0.458. The number of rotatable bonds is 4. The zero-order valence-electron chi connectivity index (χ0n) is 11.6. The molecule has 1 aromatic rings. The first-order valence-electron chi connectivity index (χ1n) is 6.29. The molecule has 0 saturated carbocycles. The van der Waals surface area contributed by atoms with E-state index in [0.29, 0.717) is 23.5 Å². The molecule has 1 aromatic carbocycles. The van der Waals surface area contributed by atoms with Crippen LogP contribution in [0.25, 0.3) is 0 Å². The van der Waals surface area contributed by atoms with Gasteiger partial charge in [0.2, 0.25) is 0 Å². The van der Waals surface area contributed by atoms with Crippen molar-refractivity contribution in [3.8, 4) is 11.5 Å². The van der Waals surface area contributed by atoms with E-state index in [2.05, 4.69) is 5.32 Å². The third-order valence-corrected chi connectivity index (χ3v) is 2.99. The normalized spacial score (nSPS) is 23.9. The standard InChI is InChI=1S/C11H16B3NO4/c1-10(13,15-5-12)9(16)6-2-3-7-8(4-6)19-11(14,17)18-7/h2-4,15,17H,5,12-14H2,1H3/t10-,11?/m0/s1. The molecule has 0 radical (unpaired) electrons. The highest BCUT2D eigenvalue weighted by molar-refractivity contribution is 6.32. The molecule has 2 rings (SSSR count). The number of nitrogens with one attached hydrogen (secondary N) is 1. The molecule has 98 valence electrons. The molecule has 5 nitrogen and oxygen atoms in total. The molecule has 2 N–H and O–H groups in total. The van der Waals surface area contributed by atoms with E-state index < -0.39 is 11.3 Å². The van der Waals surface area contributed by atoms with E-state index in [1.54, 1.807) is 18.2 Å². The Morgan fingerprint density at radius 1 is 1.47 bits per heavy atom. The van der Waals surface area contributed by atoms with E-state index in [1.165, 1.54) is 7.85 Å². The summed E-state index contributed by atoms with van der Waals surface area (Å²) in [5, 5.41) is 12.8. The lowest BCUT2D eigenvalue weighted by atomic mass is 9.73. The number of benzene rings is 1. The van der Waals surface area contributed by atoms with Crippen LogP contribution >= 0.6 is 0 Å². The van der Waals surface area contributed by atoms with Gasteiger partial charge in [0.1, 0.15) is 15.7 Å². The molecule has 0 amide bonds. The molecule has 0 aromatic heterocycles. The highest BCUT2D eigenvalue weighted by atomic mass is 16.8. The van der Waals surface area contributed by atoms with Gasteiger partial charge in [0.25, 0.3) is 7.85 Å². The number of hydrogen-bond donors (Lipinski definition) is 2. The fourth-order valence-corrected chi connectivity index (χ4v) is 2.13. The summed E-state index contributed by atoms with van der Waals surface area (Å²) < 4.78 is 10.4. The van der Waals surface area contributed by atoms with Gasteiger partial charge in [0.15, 0.2) is 17.3 Å². The lowest BCUT2D eigenvalue weighted by molar-refractivity contribution is -0.178. The molecule has 0 saturated heterocycles. The average molecular weight is 259 g/mol. The van der Waals surface area contributed by atoms with Crippen LogP contribution < -0.4 is 14.8 Å². The van der Waals surface area contributed by atoms with E-state index in [-0.39, 0.29) is 5.78 Å². The number of Topliss-reactive ketones (excluding diaryl/α,β-unsaturated/α-hetero) is 1. The van der Waals surface area contributed by atoms with Gasteiger partial charge in [-0.05, 0) is 31.6 Å². The summed E-state index contributed by atoms with van der Waals surface area (Å²) in [4.78, 5) is 12.4. The first kappa shape index (κ1) is 14.0. The van der Waals surface area contributed by atoms with Gasteiger partial charge in [-0.1, -0.05) is 0 Å². The maximum Gasteiger partial charge on any atom is 0.310 e. The van der Waals surface area contributed by atoms with Gasteiger partial charge in [0.05, 0.1) is 0 Å². The van der Waals surface area contributed by atoms with Gasteiger partial charge in [0, 0.05) is 11.0 Å². The minimum Gasteiger partial charge on any atom is -0.435 e. The number of ketones is 1. The van der Waals surface area contributed by atoms with Crippen LogP contribution in [0.1, 0.15) is 17.3 Å². The number of hydrogen-bond acceptors (Lipinski definition) is 5. The zero-order valence-corrected chi connectivity index (χ0v) is 11.6. The fraction of sp³-hybridized carbons (Fsp3) is 0.364. The Morgan fingerprint density at radius 2 is 2.11 bits per heavy atom. The van der Waals surface area contributed by atoms with E-state index in [1.807, 2.05) is 22.6 Å². The first-order valence-corrected chi connectivity index (χ1v) is 6.29. The van der Waals surface area contributed by atoms with E-state index in [4.69, 9.17) is 9.47 Å². The molecule has 1 aliphatic rings. The van der Waals surface area contributed by atoms with Crippen LogP contribution in [0.2, 0.25) is 0 Å². The van der Waals surface area contributed by atoms with Crippen LogP contribution in [0.3, 0.4) is 0 Å². The Kier molecular flexibility index (Phi) is 3.41. The zero-order chi connectivity index (χ0) is 14.3. The maximum atomic E-state index is 12.4. The summed E-state index contributed by atoms with van der Waals surface area (Å²) in [5.41, 5.74) is -0.128. The van der Waals surface area contributed by atoms with Crippen molar-refractivity contribution in [1.29, 1.82) is 0 Å². The molecule has 0 spiro atoms. The smallest absolute Gasteiger partial charge is 0.310 e. The largest absolute Gasteiger partial charge is 0.435 e. The highest BCUT2D eigenvalue weighted by Crippen LogP contribution is 2.38. The van der Waals surface area contributed by atoms with Gasteiger partial charge in [-0.3, -0.25) is 4.79 Å². The average Bonchev–Trinajstić information content (AvgIpc) is 2.60. The summed E-state index contributed by atoms with van der Waals surface area (Å²) in [5.74, 6) is -0.889. The van der Waals surface area contributed by atoms with Crippen molar-refractivity contribution in [3.63, 3.8) is 0 Å². The summed E-state index contributed by atoms with van der Waals surface area (Å²) >= 11 is 0. The Labute approximate surface area is 114 Å². The Morgan fingerprint density at radius 3 is 2.74 bits per heavy atom. The molecule has 0 bridgehead atoms. The third kappa shape index (κ3) is 2.79. The number of ether oxygens (including phenoxy) is 2. The highest BCUT2D eigenvalue weighted by Gasteiger charge is 2.35. The molecule has 0 fully saturated rings. The molecule has 19 heavy (non-hydrogen) atoms. The Hall–Kier alpha value is -1.40. The van der Waals surface area contributed by atoms with Crippen molar-refractivity contribution in [2.75, 3.05) is 6.44 Å². The van der Waals surface area contributed by atoms with Gasteiger partial charge < -0.3 is 19.9 Å². The Bertz CT molecular complexity index is 519. The van der Waals surface area contributed by atoms with E-state index in [0.717, 1.165) is 0 Å². The molecular formula is C11H16B3NO4. The molecular weight excluding hydrogens is 243 g/mol. The third-order valence-electron chi connectivity index (χ3n) is 2.99. The first-order chi connectivity index (χ1) is 8.75. The monoisotopic (exact) mass is 259 g/mol. The number of aliphatic hydroxyl groups is 1. The lowest BCUT2D eigenvalue weighted by Gasteiger charge is -2.24. The predicted octanol–water partition coefficient (Wildman–Crippen LogP) is -2.59. The van der Waals surface area contributed by atoms with Crippen LogP contribution in [0.4, 0.5) is 0 Å². The van der Waals surface area contributed by atoms with Gasteiger partial charge >= 0.3 is 5.87 Å². The summed E-state index contributed by atoms with van der Waals surface area (Å²) in [6.07, 6.45) is 0.706. The molecule has 1 unspecified atom stereocenters. The summed E-state index contributed by atoms with van der Waals surface area (Å²) in [6, 6.07) is 4.90. The van der Waals surface area contributed by atoms with Crippen molar-refractivity contribution >= 4 is 29.3 Å². The number of carbonyl (C=O) groups excluding carboxylic acids is 1. The topological polar surface area (TPSA) is 67.8 Å². The second-order valence-electron chi connectivity index (χ2n) is 5.25. The van der Waals surface area contributed by atoms with Crippen molar-refractivity contribution in [2.24, 2.45) is 0 Å². The second kappa shape index (κ2) is 4.61. The predicted molar refractivity (Wildman–Crippen MR) is 79.0 cm³/mol. The van der Waals surface area contributed by atoms with Crippen LogP contribution in [0.15, 0.2) is 18.2 Å². The van der Waals surface area contributed by atoms with E-state index in [9.17, 15) is 9.90 Å². The lowest BCUT2D eigenvalue weighted by Crippen LogP contribution is -2.50. The van der Waals surface area contributed by atoms with Crippen molar-refractivity contribution < 1.29 is 19.4 Å². The van der Waals surface area contributed by atoms with Gasteiger partial charge in [-0.25, -0.2) is 0 Å². The van der Waals surface area contributed by atoms with Crippen LogP contribution in [0, 0.1) is 0 Å². The fourth-order valence-electron chi connectivity index (χ4n) is 2.13. The number of carbonyl (C=O) groups is 1. The van der Waals surface area contributed by atoms with Crippen molar-refractivity contribution in [2.45, 2.75) is 18.2 Å². The van der Waals surface area contributed by atoms with Crippen LogP contribution in [0.5, 0.6) is 11.5 Å².